The van der Waals surface area contributed by atoms with Gasteiger partial charge in [0.15, 0.2) is 0 Å². The monoisotopic (exact) mass is 339 g/mol. The van der Waals surface area contributed by atoms with E-state index >= 15 is 0 Å². The molecular formula is C18H21N5O2. The lowest BCUT2D eigenvalue weighted by atomic mass is 10.2. The summed E-state index contributed by atoms with van der Waals surface area (Å²) in [6.45, 7) is 5.44. The Morgan fingerprint density at radius 1 is 1.12 bits per heavy atom. The third-order valence-electron chi connectivity index (χ3n) is 4.18. The smallest absolute Gasteiger partial charge is 0.258 e. The van der Waals surface area contributed by atoms with Crippen molar-refractivity contribution in [2.45, 2.75) is 13.5 Å². The van der Waals surface area contributed by atoms with Crippen LogP contribution in [0, 0.1) is 0 Å². The molecule has 0 atom stereocenters. The van der Waals surface area contributed by atoms with Crippen LogP contribution in [0.25, 0.3) is 0 Å². The quantitative estimate of drug-likeness (QED) is 0.911. The molecule has 1 N–H and O–H groups in total. The Morgan fingerprint density at radius 2 is 1.92 bits per heavy atom. The van der Waals surface area contributed by atoms with E-state index in [1.807, 2.05) is 17.0 Å². The van der Waals surface area contributed by atoms with E-state index in [4.69, 9.17) is 0 Å². The molecule has 0 bridgehead atoms. The van der Waals surface area contributed by atoms with Crippen LogP contribution in [0.2, 0.25) is 0 Å². The van der Waals surface area contributed by atoms with Crippen molar-refractivity contribution in [1.82, 2.24) is 19.8 Å². The van der Waals surface area contributed by atoms with Gasteiger partial charge in [0, 0.05) is 52.0 Å². The molecule has 3 heterocycles. The number of rotatable bonds is 4. The molecule has 0 aliphatic carbocycles. The predicted molar refractivity (Wildman–Crippen MR) is 94.0 cm³/mol. The molecule has 130 valence electrons. The first-order valence-corrected chi connectivity index (χ1v) is 8.27. The molecule has 1 aliphatic rings. The maximum atomic E-state index is 12.2. The molecule has 2 aromatic rings. The lowest BCUT2D eigenvalue weighted by Gasteiger charge is -2.33. The van der Waals surface area contributed by atoms with Crippen LogP contribution in [-0.4, -0.2) is 57.8 Å². The number of carbonyl (C=O) groups excluding carboxylic acids is 2. The van der Waals surface area contributed by atoms with Gasteiger partial charge in [-0.3, -0.25) is 19.5 Å². The number of hydrogen-bond acceptors (Lipinski definition) is 5. The highest BCUT2D eigenvalue weighted by Gasteiger charge is 2.19. The molecule has 2 aromatic heterocycles. The van der Waals surface area contributed by atoms with Gasteiger partial charge in [0.2, 0.25) is 5.91 Å². The second-order valence-electron chi connectivity index (χ2n) is 5.99. The maximum Gasteiger partial charge on any atom is 0.258 e. The second kappa shape index (κ2) is 7.85. The molecule has 25 heavy (non-hydrogen) atoms. The normalized spacial score (nSPS) is 15.0. The van der Waals surface area contributed by atoms with Gasteiger partial charge in [-0.1, -0.05) is 6.07 Å². The molecule has 1 aliphatic heterocycles. The van der Waals surface area contributed by atoms with Gasteiger partial charge in [0.25, 0.3) is 5.91 Å². The Morgan fingerprint density at radius 3 is 2.60 bits per heavy atom. The zero-order chi connectivity index (χ0) is 17.6. The molecule has 7 heteroatoms. The number of carbonyl (C=O) groups is 2. The molecule has 0 spiro atoms. The van der Waals surface area contributed by atoms with Crippen LogP contribution in [0.4, 0.5) is 5.82 Å². The summed E-state index contributed by atoms with van der Waals surface area (Å²) < 4.78 is 0. The number of nitrogens with zero attached hydrogens (tertiary/aromatic N) is 4. The van der Waals surface area contributed by atoms with Crippen molar-refractivity contribution in [2.75, 3.05) is 31.5 Å². The van der Waals surface area contributed by atoms with Gasteiger partial charge in [-0.15, -0.1) is 0 Å². The molecule has 3 rings (SSSR count). The van der Waals surface area contributed by atoms with Crippen molar-refractivity contribution in [3.63, 3.8) is 0 Å². The van der Waals surface area contributed by atoms with Crippen LogP contribution in [0.15, 0.2) is 42.7 Å². The van der Waals surface area contributed by atoms with Crippen LogP contribution in [0.1, 0.15) is 23.0 Å². The molecule has 2 amide bonds. The second-order valence-corrected chi connectivity index (χ2v) is 5.99. The fourth-order valence-corrected chi connectivity index (χ4v) is 2.77. The standard InChI is InChI=1S/C18H21N5O2/c1-14(24)23-10-8-22(9-11-23)13-16-5-2-6-17(20-16)21-18(25)15-4-3-7-19-12-15/h2-7,12H,8-11,13H2,1H3,(H,20,21,25). The third kappa shape index (κ3) is 4.60. The Labute approximate surface area is 146 Å². The summed E-state index contributed by atoms with van der Waals surface area (Å²) in [4.78, 5) is 36.1. The summed E-state index contributed by atoms with van der Waals surface area (Å²) in [5.74, 6) is 0.416. The molecule has 0 radical (unpaired) electrons. The van der Waals surface area contributed by atoms with Crippen molar-refractivity contribution in [3.8, 4) is 0 Å². The highest BCUT2D eigenvalue weighted by atomic mass is 16.2. The van der Waals surface area contributed by atoms with E-state index in [2.05, 4.69) is 20.2 Å². The van der Waals surface area contributed by atoms with Crippen molar-refractivity contribution in [2.24, 2.45) is 0 Å². The first-order valence-electron chi connectivity index (χ1n) is 8.27. The molecule has 1 fully saturated rings. The number of pyridine rings is 2. The Balaban J connectivity index is 1.58. The summed E-state index contributed by atoms with van der Waals surface area (Å²) in [5, 5.41) is 2.80. The summed E-state index contributed by atoms with van der Waals surface area (Å²) >= 11 is 0. The van der Waals surface area contributed by atoms with Crippen molar-refractivity contribution >= 4 is 17.6 Å². The fraction of sp³-hybridized carbons (Fsp3) is 0.333. The van der Waals surface area contributed by atoms with Crippen LogP contribution >= 0.6 is 0 Å². The molecule has 7 nitrogen and oxygen atoms in total. The predicted octanol–water partition coefficient (Wildman–Crippen LogP) is 1.39. The minimum absolute atomic E-state index is 0.123. The largest absolute Gasteiger partial charge is 0.340 e. The van der Waals surface area contributed by atoms with E-state index in [1.165, 1.54) is 6.20 Å². The molecule has 0 aromatic carbocycles. The number of piperazine rings is 1. The van der Waals surface area contributed by atoms with Gasteiger partial charge in [0.1, 0.15) is 5.82 Å². The van der Waals surface area contributed by atoms with Gasteiger partial charge in [-0.25, -0.2) is 4.98 Å². The average molecular weight is 339 g/mol. The maximum absolute atomic E-state index is 12.2. The summed E-state index contributed by atoms with van der Waals surface area (Å²) in [7, 11) is 0. The van der Waals surface area contributed by atoms with E-state index < -0.39 is 0 Å². The van der Waals surface area contributed by atoms with Crippen molar-refractivity contribution in [3.05, 3.63) is 54.0 Å². The SMILES string of the molecule is CC(=O)N1CCN(Cc2cccc(NC(=O)c3cccnc3)n2)CC1. The molecule has 1 saturated heterocycles. The van der Waals surface area contributed by atoms with E-state index in [0.29, 0.717) is 17.9 Å². The van der Waals surface area contributed by atoms with Crippen molar-refractivity contribution in [1.29, 1.82) is 0 Å². The first kappa shape index (κ1) is 17.0. The highest BCUT2D eigenvalue weighted by Crippen LogP contribution is 2.11. The number of anilines is 1. The topological polar surface area (TPSA) is 78.4 Å². The number of hydrogen-bond donors (Lipinski definition) is 1. The Bertz CT molecular complexity index is 742. The lowest BCUT2D eigenvalue weighted by molar-refractivity contribution is -0.130. The van der Waals surface area contributed by atoms with Crippen LogP contribution < -0.4 is 5.32 Å². The number of aromatic nitrogens is 2. The third-order valence-corrected chi connectivity index (χ3v) is 4.18. The summed E-state index contributed by atoms with van der Waals surface area (Å²) in [5.41, 5.74) is 1.38. The Kier molecular flexibility index (Phi) is 5.35. The molecule has 0 unspecified atom stereocenters. The van der Waals surface area contributed by atoms with Crippen LogP contribution in [0.3, 0.4) is 0 Å². The average Bonchev–Trinajstić information content (AvgIpc) is 2.63. The summed E-state index contributed by atoms with van der Waals surface area (Å²) in [6.07, 6.45) is 3.15. The van der Waals surface area contributed by atoms with Gasteiger partial charge in [-0.05, 0) is 24.3 Å². The van der Waals surface area contributed by atoms with Gasteiger partial charge in [0.05, 0.1) is 11.3 Å². The minimum Gasteiger partial charge on any atom is -0.340 e. The van der Waals surface area contributed by atoms with Gasteiger partial charge in [-0.2, -0.15) is 0 Å². The van der Waals surface area contributed by atoms with E-state index in [9.17, 15) is 9.59 Å². The minimum atomic E-state index is -0.229. The van der Waals surface area contributed by atoms with E-state index in [-0.39, 0.29) is 11.8 Å². The summed E-state index contributed by atoms with van der Waals surface area (Å²) in [6, 6.07) is 9.02. The zero-order valence-electron chi connectivity index (χ0n) is 14.2. The first-order chi connectivity index (χ1) is 12.1. The zero-order valence-corrected chi connectivity index (χ0v) is 14.2. The fourth-order valence-electron chi connectivity index (χ4n) is 2.77. The molecular weight excluding hydrogens is 318 g/mol. The van der Waals surface area contributed by atoms with E-state index in [1.54, 1.807) is 31.3 Å². The molecule has 0 saturated carbocycles. The van der Waals surface area contributed by atoms with E-state index in [0.717, 1.165) is 31.9 Å². The Hall–Kier alpha value is -2.80. The van der Waals surface area contributed by atoms with Crippen LogP contribution in [-0.2, 0) is 11.3 Å². The van der Waals surface area contributed by atoms with Gasteiger partial charge < -0.3 is 10.2 Å². The van der Waals surface area contributed by atoms with Gasteiger partial charge >= 0.3 is 0 Å². The number of amides is 2. The van der Waals surface area contributed by atoms with Crippen LogP contribution in [0.5, 0.6) is 0 Å². The highest BCUT2D eigenvalue weighted by molar-refractivity contribution is 6.03. The lowest BCUT2D eigenvalue weighted by Crippen LogP contribution is -2.47. The van der Waals surface area contributed by atoms with Crippen molar-refractivity contribution < 1.29 is 9.59 Å². The number of nitrogens with one attached hydrogen (secondary N) is 1.